The van der Waals surface area contributed by atoms with E-state index in [2.05, 4.69) is 56.3 Å². The van der Waals surface area contributed by atoms with Crippen molar-refractivity contribution < 1.29 is 9.53 Å². The van der Waals surface area contributed by atoms with Gasteiger partial charge in [0.1, 0.15) is 12.4 Å². The summed E-state index contributed by atoms with van der Waals surface area (Å²) in [6, 6.07) is 30.7. The van der Waals surface area contributed by atoms with E-state index in [1.165, 1.54) is 16.7 Å². The number of rotatable bonds is 5. The average molecular weight is 436 g/mol. The molecule has 0 saturated carbocycles. The molecule has 0 saturated heterocycles. The number of amides is 1. The monoisotopic (exact) mass is 435 g/mol. The van der Waals surface area contributed by atoms with E-state index in [1.54, 1.807) is 0 Å². The van der Waals surface area contributed by atoms with Gasteiger partial charge in [0, 0.05) is 12.1 Å². The summed E-state index contributed by atoms with van der Waals surface area (Å²) in [6.45, 7) is 5.42. The van der Waals surface area contributed by atoms with Crippen molar-refractivity contribution >= 4 is 16.7 Å². The van der Waals surface area contributed by atoms with Crippen molar-refractivity contribution in [1.29, 1.82) is 0 Å². The first-order chi connectivity index (χ1) is 16.1. The minimum Gasteiger partial charge on any atom is -0.491 e. The van der Waals surface area contributed by atoms with Gasteiger partial charge in [-0.1, -0.05) is 86.6 Å². The van der Waals surface area contributed by atoms with Crippen LogP contribution in [0.1, 0.15) is 46.8 Å². The molecule has 1 unspecified atom stereocenters. The Kier molecular flexibility index (Phi) is 5.87. The van der Waals surface area contributed by atoms with Crippen LogP contribution in [0.5, 0.6) is 5.75 Å². The summed E-state index contributed by atoms with van der Waals surface area (Å²) >= 11 is 0. The van der Waals surface area contributed by atoms with Crippen LogP contribution in [-0.2, 0) is 13.0 Å². The zero-order valence-corrected chi connectivity index (χ0v) is 19.2. The lowest BCUT2D eigenvalue weighted by molar-refractivity contribution is 0.0568. The topological polar surface area (TPSA) is 29.5 Å². The highest BCUT2D eigenvalue weighted by molar-refractivity contribution is 6.07. The summed E-state index contributed by atoms with van der Waals surface area (Å²) in [6.07, 6.45) is 0.788. The molecule has 3 heteroatoms. The molecule has 0 radical (unpaired) electrons. The molecule has 1 atom stereocenters. The number of hydrogen-bond donors (Lipinski definition) is 0. The highest BCUT2D eigenvalue weighted by Crippen LogP contribution is 2.28. The highest BCUT2D eigenvalue weighted by Gasteiger charge is 2.31. The van der Waals surface area contributed by atoms with E-state index in [-0.39, 0.29) is 11.9 Å². The number of carbonyl (C=O) groups is 1. The molecule has 166 valence electrons. The van der Waals surface area contributed by atoms with Gasteiger partial charge >= 0.3 is 0 Å². The standard InChI is InChI=1S/C30H29NO2/c1-21(2)23-13-7-14-27(18-23)33-20-26-17-24-10-3-4-11-25(24)19-31(26)30(32)29-16-8-12-22-9-5-6-15-28(22)29/h3-16,18,21,26H,17,19-20H2,1-2H3. The van der Waals surface area contributed by atoms with Crippen molar-refractivity contribution in [1.82, 2.24) is 4.90 Å². The molecule has 1 heterocycles. The molecule has 0 bridgehead atoms. The van der Waals surface area contributed by atoms with Gasteiger partial charge in [0.25, 0.3) is 5.91 Å². The molecule has 3 nitrogen and oxygen atoms in total. The van der Waals surface area contributed by atoms with Crippen molar-refractivity contribution in [2.75, 3.05) is 6.61 Å². The summed E-state index contributed by atoms with van der Waals surface area (Å²) < 4.78 is 6.26. The molecule has 0 aliphatic carbocycles. The first-order valence-electron chi connectivity index (χ1n) is 11.7. The summed E-state index contributed by atoms with van der Waals surface area (Å²) in [7, 11) is 0. The number of carbonyl (C=O) groups excluding carboxylic acids is 1. The molecule has 33 heavy (non-hydrogen) atoms. The van der Waals surface area contributed by atoms with Gasteiger partial charge in [-0.2, -0.15) is 0 Å². The van der Waals surface area contributed by atoms with Crippen molar-refractivity contribution in [3.05, 3.63) is 113 Å². The molecular weight excluding hydrogens is 406 g/mol. The van der Waals surface area contributed by atoms with Crippen molar-refractivity contribution in [2.24, 2.45) is 0 Å². The van der Waals surface area contributed by atoms with E-state index in [0.717, 1.165) is 28.5 Å². The predicted molar refractivity (Wildman–Crippen MR) is 134 cm³/mol. The van der Waals surface area contributed by atoms with Crippen LogP contribution in [0.3, 0.4) is 0 Å². The third-order valence-electron chi connectivity index (χ3n) is 6.60. The molecule has 1 aliphatic rings. The Morgan fingerprint density at radius 1 is 0.909 bits per heavy atom. The lowest BCUT2D eigenvalue weighted by atomic mass is 9.93. The minimum atomic E-state index is -0.0333. The van der Waals surface area contributed by atoms with Crippen LogP contribution in [0.15, 0.2) is 91.0 Å². The molecular formula is C30H29NO2. The van der Waals surface area contributed by atoms with Gasteiger partial charge in [-0.3, -0.25) is 4.79 Å². The first kappa shape index (κ1) is 21.3. The van der Waals surface area contributed by atoms with E-state index >= 15 is 0 Å². The van der Waals surface area contributed by atoms with Crippen LogP contribution in [0.25, 0.3) is 10.8 Å². The maximum absolute atomic E-state index is 13.9. The lowest BCUT2D eigenvalue weighted by Crippen LogP contribution is -2.47. The largest absolute Gasteiger partial charge is 0.491 e. The second-order valence-electron chi connectivity index (χ2n) is 9.12. The lowest BCUT2D eigenvalue weighted by Gasteiger charge is -2.37. The Bertz CT molecular complexity index is 1290. The van der Waals surface area contributed by atoms with Gasteiger partial charge < -0.3 is 9.64 Å². The summed E-state index contributed by atoms with van der Waals surface area (Å²) in [5.41, 5.74) is 4.51. The van der Waals surface area contributed by atoms with E-state index in [0.29, 0.717) is 19.1 Å². The molecule has 0 spiro atoms. The second kappa shape index (κ2) is 9.11. The van der Waals surface area contributed by atoms with Gasteiger partial charge in [0.15, 0.2) is 0 Å². The summed E-state index contributed by atoms with van der Waals surface area (Å²) in [4.78, 5) is 15.9. The van der Waals surface area contributed by atoms with E-state index in [4.69, 9.17) is 4.74 Å². The minimum absolute atomic E-state index is 0.0333. The smallest absolute Gasteiger partial charge is 0.255 e. The summed E-state index contributed by atoms with van der Waals surface area (Å²) in [5, 5.41) is 2.08. The van der Waals surface area contributed by atoms with Gasteiger partial charge in [-0.25, -0.2) is 0 Å². The Labute approximate surface area is 195 Å². The molecule has 0 aromatic heterocycles. The van der Waals surface area contributed by atoms with Crippen LogP contribution in [0, 0.1) is 0 Å². The molecule has 1 amide bonds. The number of fused-ring (bicyclic) bond motifs is 2. The predicted octanol–water partition coefficient (Wildman–Crippen LogP) is 6.61. The Morgan fingerprint density at radius 3 is 2.48 bits per heavy atom. The maximum Gasteiger partial charge on any atom is 0.255 e. The Hall–Kier alpha value is -3.59. The van der Waals surface area contributed by atoms with Gasteiger partial charge in [0.05, 0.1) is 6.04 Å². The van der Waals surface area contributed by atoms with Crippen LogP contribution in [0.4, 0.5) is 0 Å². The Morgan fingerprint density at radius 2 is 1.64 bits per heavy atom. The maximum atomic E-state index is 13.9. The zero-order chi connectivity index (χ0) is 22.8. The third kappa shape index (κ3) is 4.36. The van der Waals surface area contributed by atoms with Gasteiger partial charge in [-0.05, 0) is 58.0 Å². The van der Waals surface area contributed by atoms with Gasteiger partial charge in [0.2, 0.25) is 0 Å². The molecule has 5 rings (SSSR count). The van der Waals surface area contributed by atoms with Crippen LogP contribution < -0.4 is 4.74 Å². The number of hydrogen-bond acceptors (Lipinski definition) is 2. The van der Waals surface area contributed by atoms with Crippen molar-refractivity contribution in [3.63, 3.8) is 0 Å². The van der Waals surface area contributed by atoms with E-state index < -0.39 is 0 Å². The zero-order valence-electron chi connectivity index (χ0n) is 19.2. The average Bonchev–Trinajstić information content (AvgIpc) is 2.86. The quantitative estimate of drug-likeness (QED) is 0.353. The van der Waals surface area contributed by atoms with E-state index in [1.807, 2.05) is 53.4 Å². The third-order valence-corrected chi connectivity index (χ3v) is 6.60. The fourth-order valence-electron chi connectivity index (χ4n) is 4.70. The molecule has 0 N–H and O–H groups in total. The second-order valence-corrected chi connectivity index (χ2v) is 9.12. The van der Waals surface area contributed by atoms with Crippen LogP contribution in [-0.4, -0.2) is 23.5 Å². The Balaban J connectivity index is 1.45. The molecule has 4 aromatic carbocycles. The summed E-state index contributed by atoms with van der Waals surface area (Å²) in [5.74, 6) is 1.36. The van der Waals surface area contributed by atoms with Gasteiger partial charge in [-0.15, -0.1) is 0 Å². The van der Waals surface area contributed by atoms with Crippen molar-refractivity contribution in [2.45, 2.75) is 38.8 Å². The fourth-order valence-corrected chi connectivity index (χ4v) is 4.70. The normalized spacial score (nSPS) is 15.5. The highest BCUT2D eigenvalue weighted by atomic mass is 16.5. The van der Waals surface area contributed by atoms with E-state index in [9.17, 15) is 4.79 Å². The number of ether oxygens (including phenoxy) is 1. The van der Waals surface area contributed by atoms with Crippen LogP contribution in [0.2, 0.25) is 0 Å². The SMILES string of the molecule is CC(C)c1cccc(OCC2Cc3ccccc3CN2C(=O)c2cccc3ccccc23)c1. The first-order valence-corrected chi connectivity index (χ1v) is 11.7. The molecule has 4 aromatic rings. The number of benzene rings is 4. The number of nitrogens with zero attached hydrogens (tertiary/aromatic N) is 1. The molecule has 0 fully saturated rings. The van der Waals surface area contributed by atoms with Crippen LogP contribution >= 0.6 is 0 Å². The molecule has 1 aliphatic heterocycles. The fraction of sp³-hybridized carbons (Fsp3) is 0.233. The van der Waals surface area contributed by atoms with Crippen molar-refractivity contribution in [3.8, 4) is 5.75 Å².